The number of rotatable bonds is 2. The lowest BCUT2D eigenvalue weighted by Gasteiger charge is -2.03. The van der Waals surface area contributed by atoms with Crippen molar-refractivity contribution >= 4 is 5.69 Å². The highest BCUT2D eigenvalue weighted by atomic mass is 16.1. The molecule has 0 fully saturated rings. The van der Waals surface area contributed by atoms with E-state index in [4.69, 9.17) is 0 Å². The summed E-state index contributed by atoms with van der Waals surface area (Å²) >= 11 is 0. The third-order valence-electron chi connectivity index (χ3n) is 2.16. The van der Waals surface area contributed by atoms with Crippen LogP contribution < -0.4 is 10.9 Å². The van der Waals surface area contributed by atoms with E-state index < -0.39 is 0 Å². The predicted molar refractivity (Wildman–Crippen MR) is 58.4 cm³/mol. The van der Waals surface area contributed by atoms with Crippen LogP contribution in [0.5, 0.6) is 0 Å². The number of nitrogens with zero attached hydrogens (tertiary/aromatic N) is 3. The normalized spacial score (nSPS) is 10.3. The van der Waals surface area contributed by atoms with E-state index in [1.807, 2.05) is 13.1 Å². The highest BCUT2D eigenvalue weighted by Crippen LogP contribution is 2.03. The van der Waals surface area contributed by atoms with Crippen molar-refractivity contribution in [2.24, 2.45) is 7.05 Å². The monoisotopic (exact) mass is 204 g/mol. The van der Waals surface area contributed by atoms with Gasteiger partial charge in [-0.3, -0.25) is 14.0 Å². The molecule has 5 nitrogen and oxygen atoms in total. The molecule has 0 atom stereocenters. The highest BCUT2D eigenvalue weighted by molar-refractivity contribution is 5.41. The minimum absolute atomic E-state index is 0.0984. The second-order valence-corrected chi connectivity index (χ2v) is 3.19. The van der Waals surface area contributed by atoms with Crippen molar-refractivity contribution in [1.29, 1.82) is 0 Å². The fourth-order valence-corrected chi connectivity index (χ4v) is 1.40. The van der Waals surface area contributed by atoms with Crippen LogP contribution in [0, 0.1) is 0 Å². The molecule has 2 aromatic rings. The molecule has 0 radical (unpaired) electrons. The van der Waals surface area contributed by atoms with Crippen LogP contribution >= 0.6 is 0 Å². The van der Waals surface area contributed by atoms with E-state index >= 15 is 0 Å². The molecule has 0 aliphatic rings. The fourth-order valence-electron chi connectivity index (χ4n) is 1.40. The quantitative estimate of drug-likeness (QED) is 0.780. The lowest BCUT2D eigenvalue weighted by molar-refractivity contribution is 0.746. The molecular formula is C10H12N4O. The topological polar surface area (TPSA) is 51.9 Å². The molecule has 5 heteroatoms. The Hall–Kier alpha value is -2.04. The zero-order chi connectivity index (χ0) is 10.8. The van der Waals surface area contributed by atoms with Crippen molar-refractivity contribution < 1.29 is 0 Å². The molecule has 0 amide bonds. The molecule has 78 valence electrons. The highest BCUT2D eigenvalue weighted by Gasteiger charge is 2.04. The first-order chi connectivity index (χ1) is 7.22. The summed E-state index contributed by atoms with van der Waals surface area (Å²) in [7, 11) is 3.54. The molecule has 2 heterocycles. The minimum atomic E-state index is -0.0984. The van der Waals surface area contributed by atoms with E-state index in [-0.39, 0.29) is 5.56 Å². The molecule has 1 N–H and O–H groups in total. The van der Waals surface area contributed by atoms with E-state index in [9.17, 15) is 4.79 Å². The third-order valence-corrected chi connectivity index (χ3v) is 2.16. The van der Waals surface area contributed by atoms with Gasteiger partial charge in [0.25, 0.3) is 5.56 Å². The first kappa shape index (κ1) is 9.51. The molecule has 0 bridgehead atoms. The van der Waals surface area contributed by atoms with Gasteiger partial charge in [-0.05, 0) is 12.1 Å². The van der Waals surface area contributed by atoms with Crippen molar-refractivity contribution in [3.8, 4) is 5.82 Å². The second kappa shape index (κ2) is 3.61. The van der Waals surface area contributed by atoms with Gasteiger partial charge in [-0.1, -0.05) is 0 Å². The number of aryl methyl sites for hydroxylation is 1. The van der Waals surface area contributed by atoms with E-state index in [0.717, 1.165) is 0 Å². The average molecular weight is 204 g/mol. The first-order valence-electron chi connectivity index (χ1n) is 4.62. The Balaban J connectivity index is 2.58. The summed E-state index contributed by atoms with van der Waals surface area (Å²) in [4.78, 5) is 11.9. The van der Waals surface area contributed by atoms with Crippen LogP contribution in [0.2, 0.25) is 0 Å². The molecule has 0 saturated carbocycles. The molecule has 0 unspecified atom stereocenters. The lowest BCUT2D eigenvalue weighted by Crippen LogP contribution is -2.20. The summed E-state index contributed by atoms with van der Waals surface area (Å²) in [5.74, 6) is 0.625. The SMILES string of the molecule is CNc1cccn(-c2ccn(C)n2)c1=O. The van der Waals surface area contributed by atoms with E-state index in [1.165, 1.54) is 4.57 Å². The van der Waals surface area contributed by atoms with Crippen molar-refractivity contribution in [3.05, 3.63) is 40.9 Å². The van der Waals surface area contributed by atoms with Gasteiger partial charge >= 0.3 is 0 Å². The van der Waals surface area contributed by atoms with E-state index in [2.05, 4.69) is 10.4 Å². The number of hydrogen-bond acceptors (Lipinski definition) is 3. The standard InChI is InChI=1S/C10H12N4O/c1-11-8-4-3-6-14(10(8)15)9-5-7-13(2)12-9/h3-7,11H,1-2H3. The smallest absolute Gasteiger partial charge is 0.279 e. The Morgan fingerprint density at radius 3 is 2.73 bits per heavy atom. The molecule has 2 aromatic heterocycles. The summed E-state index contributed by atoms with van der Waals surface area (Å²) in [5.41, 5.74) is 0.460. The largest absolute Gasteiger partial charge is 0.384 e. The number of nitrogens with one attached hydrogen (secondary N) is 1. The Morgan fingerprint density at radius 1 is 1.33 bits per heavy atom. The molecular weight excluding hydrogens is 192 g/mol. The zero-order valence-corrected chi connectivity index (χ0v) is 8.64. The van der Waals surface area contributed by atoms with Gasteiger partial charge < -0.3 is 5.32 Å². The van der Waals surface area contributed by atoms with Crippen LogP contribution in [0.3, 0.4) is 0 Å². The number of aromatic nitrogens is 3. The van der Waals surface area contributed by atoms with Crippen LogP contribution in [-0.2, 0) is 7.05 Å². The minimum Gasteiger partial charge on any atom is -0.384 e. The first-order valence-corrected chi connectivity index (χ1v) is 4.62. The molecule has 2 rings (SSSR count). The van der Waals surface area contributed by atoms with E-state index in [1.54, 1.807) is 36.3 Å². The predicted octanol–water partition coefficient (Wildman–Crippen LogP) is 0.613. The number of hydrogen-bond donors (Lipinski definition) is 1. The average Bonchev–Trinajstić information content (AvgIpc) is 2.65. The van der Waals surface area contributed by atoms with Crippen LogP contribution in [0.25, 0.3) is 5.82 Å². The van der Waals surface area contributed by atoms with Crippen molar-refractivity contribution in [1.82, 2.24) is 14.3 Å². The second-order valence-electron chi connectivity index (χ2n) is 3.19. The van der Waals surface area contributed by atoms with Gasteiger partial charge in [-0.15, -0.1) is 0 Å². The molecule has 0 spiro atoms. The molecule has 0 aliphatic heterocycles. The van der Waals surface area contributed by atoms with E-state index in [0.29, 0.717) is 11.5 Å². The Kier molecular flexibility index (Phi) is 2.29. The summed E-state index contributed by atoms with van der Waals surface area (Å²) in [6, 6.07) is 5.34. The van der Waals surface area contributed by atoms with Crippen LogP contribution in [0.4, 0.5) is 5.69 Å². The maximum absolute atomic E-state index is 11.9. The Bertz CT molecular complexity index is 526. The maximum Gasteiger partial charge on any atom is 0.279 e. The number of anilines is 1. The van der Waals surface area contributed by atoms with Gasteiger partial charge in [0.2, 0.25) is 0 Å². The van der Waals surface area contributed by atoms with Crippen molar-refractivity contribution in [3.63, 3.8) is 0 Å². The van der Waals surface area contributed by atoms with Gasteiger partial charge in [0.05, 0.1) is 0 Å². The van der Waals surface area contributed by atoms with Crippen molar-refractivity contribution in [2.75, 3.05) is 12.4 Å². The molecule has 15 heavy (non-hydrogen) atoms. The third kappa shape index (κ3) is 1.63. The van der Waals surface area contributed by atoms with Gasteiger partial charge in [0.1, 0.15) is 5.69 Å². The van der Waals surface area contributed by atoms with Gasteiger partial charge in [-0.25, -0.2) is 0 Å². The molecule has 0 saturated heterocycles. The summed E-state index contributed by atoms with van der Waals surface area (Å²) < 4.78 is 3.17. The molecule has 0 aliphatic carbocycles. The zero-order valence-electron chi connectivity index (χ0n) is 8.64. The summed E-state index contributed by atoms with van der Waals surface area (Å²) in [6.07, 6.45) is 3.50. The Labute approximate surface area is 87.0 Å². The van der Waals surface area contributed by atoms with Crippen LogP contribution in [0.1, 0.15) is 0 Å². The maximum atomic E-state index is 11.9. The lowest BCUT2D eigenvalue weighted by atomic mass is 10.4. The summed E-state index contributed by atoms with van der Waals surface area (Å²) in [5, 5.41) is 7.01. The van der Waals surface area contributed by atoms with Gasteiger partial charge in [0.15, 0.2) is 5.82 Å². The Morgan fingerprint density at radius 2 is 2.13 bits per heavy atom. The fraction of sp³-hybridized carbons (Fsp3) is 0.200. The van der Waals surface area contributed by atoms with Gasteiger partial charge in [0, 0.05) is 32.6 Å². The van der Waals surface area contributed by atoms with Crippen LogP contribution in [0.15, 0.2) is 35.4 Å². The summed E-state index contributed by atoms with van der Waals surface area (Å²) in [6.45, 7) is 0. The van der Waals surface area contributed by atoms with Crippen molar-refractivity contribution in [2.45, 2.75) is 0 Å². The molecule has 0 aromatic carbocycles. The van der Waals surface area contributed by atoms with Crippen LogP contribution in [-0.4, -0.2) is 21.4 Å². The van der Waals surface area contributed by atoms with Gasteiger partial charge in [-0.2, -0.15) is 5.10 Å². The number of pyridine rings is 1.